The van der Waals surface area contributed by atoms with Crippen molar-refractivity contribution in [3.8, 4) is 5.75 Å². The molecular formula is C22H32N4O3. The van der Waals surface area contributed by atoms with Crippen molar-refractivity contribution < 1.29 is 13.9 Å². The molecule has 1 atom stereocenters. The highest BCUT2D eigenvalue weighted by atomic mass is 16.5. The first kappa shape index (κ1) is 21.2. The lowest BCUT2D eigenvalue weighted by atomic mass is 10.1. The van der Waals surface area contributed by atoms with E-state index in [-0.39, 0.29) is 6.04 Å². The van der Waals surface area contributed by atoms with Gasteiger partial charge in [-0.2, -0.15) is 0 Å². The lowest BCUT2D eigenvalue weighted by Crippen LogP contribution is -2.46. The molecule has 1 saturated heterocycles. The molecule has 29 heavy (non-hydrogen) atoms. The molecule has 0 spiro atoms. The number of nitrogens with zero attached hydrogens (tertiary/aromatic N) is 3. The maximum absolute atomic E-state index is 5.96. The number of hydrogen-bond acceptors (Lipinski definition) is 5. The van der Waals surface area contributed by atoms with Crippen molar-refractivity contribution in [1.29, 1.82) is 0 Å². The Morgan fingerprint density at radius 2 is 2.00 bits per heavy atom. The standard InChI is InChI=1S/C22H32N4O3/c1-17-9-10-21(29-17)19(26-11-13-28-14-12-26)15-24-22(23-2)25(3)16-18-7-5-6-8-20(18)27-4/h5-10,19H,11-16H2,1-4H3,(H,23,24). The molecule has 1 aromatic heterocycles. The zero-order valence-corrected chi connectivity index (χ0v) is 17.9. The molecule has 2 aromatic rings. The third kappa shape index (κ3) is 5.52. The molecule has 1 N–H and O–H groups in total. The van der Waals surface area contributed by atoms with Gasteiger partial charge < -0.3 is 24.1 Å². The monoisotopic (exact) mass is 400 g/mol. The van der Waals surface area contributed by atoms with Crippen molar-refractivity contribution in [3.63, 3.8) is 0 Å². The van der Waals surface area contributed by atoms with Crippen LogP contribution in [0.1, 0.15) is 23.1 Å². The van der Waals surface area contributed by atoms with Gasteiger partial charge in [-0.25, -0.2) is 0 Å². The highest BCUT2D eigenvalue weighted by molar-refractivity contribution is 5.79. The Hall–Kier alpha value is -2.51. The number of nitrogens with one attached hydrogen (secondary N) is 1. The molecule has 0 bridgehead atoms. The van der Waals surface area contributed by atoms with Crippen LogP contribution < -0.4 is 10.1 Å². The van der Waals surface area contributed by atoms with Gasteiger partial charge in [-0.05, 0) is 25.1 Å². The van der Waals surface area contributed by atoms with Gasteiger partial charge in [-0.3, -0.25) is 9.89 Å². The van der Waals surface area contributed by atoms with Crippen LogP contribution in [0, 0.1) is 6.92 Å². The third-order valence-corrected chi connectivity index (χ3v) is 5.20. The number of hydrogen-bond donors (Lipinski definition) is 1. The van der Waals surface area contributed by atoms with E-state index in [1.165, 1.54) is 0 Å². The fraction of sp³-hybridized carbons (Fsp3) is 0.500. The molecule has 1 aliphatic heterocycles. The molecule has 0 aliphatic carbocycles. The predicted molar refractivity (Wildman–Crippen MR) is 114 cm³/mol. The normalized spacial score (nSPS) is 16.5. The molecule has 2 heterocycles. The van der Waals surface area contributed by atoms with Gasteiger partial charge in [-0.1, -0.05) is 18.2 Å². The average molecular weight is 401 g/mol. The number of furan rings is 1. The highest BCUT2D eigenvalue weighted by Gasteiger charge is 2.25. The van der Waals surface area contributed by atoms with Crippen LogP contribution in [0.25, 0.3) is 0 Å². The van der Waals surface area contributed by atoms with Crippen molar-refractivity contribution in [2.24, 2.45) is 4.99 Å². The molecular weight excluding hydrogens is 368 g/mol. The zero-order chi connectivity index (χ0) is 20.6. The minimum absolute atomic E-state index is 0.129. The predicted octanol–water partition coefficient (Wildman–Crippen LogP) is 2.68. The Bertz CT molecular complexity index is 799. The summed E-state index contributed by atoms with van der Waals surface area (Å²) in [6.45, 7) is 6.66. The quantitative estimate of drug-likeness (QED) is 0.570. The summed E-state index contributed by atoms with van der Waals surface area (Å²) in [5.74, 6) is 3.61. The second kappa shape index (κ2) is 10.3. The van der Waals surface area contributed by atoms with E-state index in [9.17, 15) is 0 Å². The number of ether oxygens (including phenoxy) is 2. The molecule has 0 saturated carbocycles. The van der Waals surface area contributed by atoms with Gasteiger partial charge in [0, 0.05) is 45.8 Å². The lowest BCUT2D eigenvalue weighted by molar-refractivity contribution is 0.0123. The van der Waals surface area contributed by atoms with E-state index in [0.717, 1.165) is 55.1 Å². The van der Waals surface area contributed by atoms with Gasteiger partial charge in [-0.15, -0.1) is 0 Å². The van der Waals surface area contributed by atoms with Crippen LogP contribution in [0.4, 0.5) is 0 Å². The second-order valence-electron chi connectivity index (χ2n) is 7.21. The number of methoxy groups -OCH3 is 1. The highest BCUT2D eigenvalue weighted by Crippen LogP contribution is 2.24. The van der Waals surface area contributed by atoms with E-state index >= 15 is 0 Å². The van der Waals surface area contributed by atoms with Crippen molar-refractivity contribution in [1.82, 2.24) is 15.1 Å². The van der Waals surface area contributed by atoms with Crippen molar-refractivity contribution >= 4 is 5.96 Å². The van der Waals surface area contributed by atoms with Crippen LogP contribution in [0.3, 0.4) is 0 Å². The van der Waals surface area contributed by atoms with E-state index in [4.69, 9.17) is 13.9 Å². The molecule has 1 aromatic carbocycles. The van der Waals surface area contributed by atoms with Gasteiger partial charge in [0.15, 0.2) is 5.96 Å². The Morgan fingerprint density at radius 3 is 2.66 bits per heavy atom. The number of aryl methyl sites for hydroxylation is 1. The largest absolute Gasteiger partial charge is 0.496 e. The minimum atomic E-state index is 0.129. The molecule has 3 rings (SSSR count). The fourth-order valence-corrected chi connectivity index (χ4v) is 3.67. The first-order chi connectivity index (χ1) is 14.1. The van der Waals surface area contributed by atoms with E-state index < -0.39 is 0 Å². The number of benzene rings is 1. The molecule has 0 amide bonds. The number of aliphatic imine (C=N–C) groups is 1. The zero-order valence-electron chi connectivity index (χ0n) is 17.9. The van der Waals surface area contributed by atoms with E-state index in [1.807, 2.05) is 45.3 Å². The number of guanidine groups is 1. The van der Waals surface area contributed by atoms with E-state index in [0.29, 0.717) is 13.1 Å². The van der Waals surface area contributed by atoms with Crippen molar-refractivity contribution in [3.05, 3.63) is 53.5 Å². The Balaban J connectivity index is 1.67. The smallest absolute Gasteiger partial charge is 0.193 e. The maximum Gasteiger partial charge on any atom is 0.193 e. The summed E-state index contributed by atoms with van der Waals surface area (Å²) >= 11 is 0. The first-order valence-corrected chi connectivity index (χ1v) is 10.0. The van der Waals surface area contributed by atoms with Crippen molar-refractivity contribution in [2.45, 2.75) is 19.5 Å². The van der Waals surface area contributed by atoms with Gasteiger partial charge in [0.1, 0.15) is 17.3 Å². The van der Waals surface area contributed by atoms with Gasteiger partial charge in [0.2, 0.25) is 0 Å². The molecule has 7 heteroatoms. The third-order valence-electron chi connectivity index (χ3n) is 5.20. The van der Waals surface area contributed by atoms with Crippen LogP contribution in [-0.4, -0.2) is 69.8 Å². The van der Waals surface area contributed by atoms with Crippen LogP contribution in [0.15, 0.2) is 45.8 Å². The van der Waals surface area contributed by atoms with E-state index in [1.54, 1.807) is 7.11 Å². The molecule has 0 radical (unpaired) electrons. The Kier molecular flexibility index (Phi) is 7.55. The van der Waals surface area contributed by atoms with Crippen molar-refractivity contribution in [2.75, 3.05) is 54.1 Å². The topological polar surface area (TPSA) is 62.5 Å². The summed E-state index contributed by atoms with van der Waals surface area (Å²) in [5.41, 5.74) is 1.12. The first-order valence-electron chi connectivity index (χ1n) is 10.0. The summed E-state index contributed by atoms with van der Waals surface area (Å²) in [5, 5.41) is 3.52. The van der Waals surface area contributed by atoms with Crippen LogP contribution in [-0.2, 0) is 11.3 Å². The number of para-hydroxylation sites is 1. The Labute approximate surface area is 173 Å². The summed E-state index contributed by atoms with van der Waals surface area (Å²) in [7, 11) is 5.54. The lowest BCUT2D eigenvalue weighted by Gasteiger charge is -2.34. The molecule has 1 aliphatic rings. The van der Waals surface area contributed by atoms with Crippen LogP contribution in [0.2, 0.25) is 0 Å². The molecule has 1 unspecified atom stereocenters. The van der Waals surface area contributed by atoms with Crippen LogP contribution >= 0.6 is 0 Å². The fourth-order valence-electron chi connectivity index (χ4n) is 3.67. The Morgan fingerprint density at radius 1 is 1.24 bits per heavy atom. The molecule has 158 valence electrons. The maximum atomic E-state index is 5.96. The number of rotatable bonds is 7. The number of morpholine rings is 1. The summed E-state index contributed by atoms with van der Waals surface area (Å²) in [4.78, 5) is 8.98. The average Bonchev–Trinajstić information content (AvgIpc) is 3.18. The SMILES string of the molecule is CN=C(NCC(c1ccc(C)o1)N1CCOCC1)N(C)Cc1ccccc1OC. The van der Waals surface area contributed by atoms with Gasteiger partial charge in [0.05, 0.1) is 26.4 Å². The summed E-state index contributed by atoms with van der Waals surface area (Å²) in [6.07, 6.45) is 0. The minimum Gasteiger partial charge on any atom is -0.496 e. The molecule has 1 fully saturated rings. The van der Waals surface area contributed by atoms with Gasteiger partial charge >= 0.3 is 0 Å². The van der Waals surface area contributed by atoms with Crippen LogP contribution in [0.5, 0.6) is 5.75 Å². The summed E-state index contributed by atoms with van der Waals surface area (Å²) < 4.78 is 17.0. The summed E-state index contributed by atoms with van der Waals surface area (Å²) in [6, 6.07) is 12.3. The van der Waals surface area contributed by atoms with Gasteiger partial charge in [0.25, 0.3) is 0 Å². The second-order valence-corrected chi connectivity index (χ2v) is 7.21. The van der Waals surface area contributed by atoms with E-state index in [2.05, 4.69) is 32.2 Å². The molecule has 7 nitrogen and oxygen atoms in total.